The lowest BCUT2D eigenvalue weighted by molar-refractivity contribution is -0.137. The van der Waals surface area contributed by atoms with Crippen LogP contribution in [0.3, 0.4) is 0 Å². The van der Waals surface area contributed by atoms with Crippen molar-refractivity contribution in [1.82, 2.24) is 4.98 Å². The molecule has 1 saturated heterocycles. The lowest BCUT2D eigenvalue weighted by Gasteiger charge is -2.16. The van der Waals surface area contributed by atoms with E-state index >= 15 is 0 Å². The first kappa shape index (κ1) is 15.0. The lowest BCUT2D eigenvalue weighted by Crippen LogP contribution is -2.32. The van der Waals surface area contributed by atoms with E-state index < -0.39 is 21.1 Å². The summed E-state index contributed by atoms with van der Waals surface area (Å²) in [5, 5.41) is -0.387. The minimum Gasteiger partial charge on any atom is -0.464 e. The third-order valence-corrected chi connectivity index (χ3v) is 6.18. The van der Waals surface area contributed by atoms with Crippen LogP contribution in [0.1, 0.15) is 19.8 Å². The van der Waals surface area contributed by atoms with Crippen LogP contribution in [0.15, 0.2) is 41.4 Å². The number of aromatic nitrogens is 1. The van der Waals surface area contributed by atoms with Crippen LogP contribution < -0.4 is 0 Å². The summed E-state index contributed by atoms with van der Waals surface area (Å²) in [6.07, 6.45) is 3.01. The summed E-state index contributed by atoms with van der Waals surface area (Å²) < 4.78 is 31.0. The van der Waals surface area contributed by atoms with E-state index in [0.29, 0.717) is 11.9 Å². The van der Waals surface area contributed by atoms with Crippen molar-refractivity contribution in [1.29, 1.82) is 0 Å². The number of benzene rings is 1. The first-order valence-electron chi connectivity index (χ1n) is 7.30. The average Bonchev–Trinajstić information content (AvgIpc) is 2.88. The van der Waals surface area contributed by atoms with Crippen molar-refractivity contribution in [3.05, 3.63) is 36.5 Å². The fourth-order valence-corrected chi connectivity index (χ4v) is 5.00. The summed E-state index contributed by atoms with van der Waals surface area (Å²) in [6.45, 7) is 2.14. The Morgan fingerprint density at radius 1 is 1.27 bits per heavy atom. The first-order valence-corrected chi connectivity index (χ1v) is 8.84. The second-order valence-corrected chi connectivity index (χ2v) is 7.51. The summed E-state index contributed by atoms with van der Waals surface area (Å²) in [6, 6.07) is 8.55. The second kappa shape index (κ2) is 5.68. The molecule has 0 bridgehead atoms. The molecule has 1 aliphatic heterocycles. The van der Waals surface area contributed by atoms with Gasteiger partial charge in [-0.3, -0.25) is 9.78 Å². The van der Waals surface area contributed by atoms with E-state index in [0.717, 1.165) is 11.8 Å². The molecule has 0 saturated carbocycles. The fraction of sp³-hybridized carbons (Fsp3) is 0.375. The maximum atomic E-state index is 13.0. The number of pyridine rings is 1. The largest absolute Gasteiger partial charge is 0.464 e. The molecule has 0 spiro atoms. The van der Waals surface area contributed by atoms with Crippen molar-refractivity contribution in [2.24, 2.45) is 5.92 Å². The zero-order valence-electron chi connectivity index (χ0n) is 12.2. The minimum atomic E-state index is -3.82. The van der Waals surface area contributed by atoms with Crippen LogP contribution in [-0.4, -0.2) is 31.2 Å². The second-order valence-electron chi connectivity index (χ2n) is 5.48. The number of carbonyl (C=O) groups is 1. The van der Waals surface area contributed by atoms with Crippen LogP contribution >= 0.6 is 0 Å². The average molecular weight is 319 g/mol. The molecule has 2 aromatic rings. The van der Waals surface area contributed by atoms with Gasteiger partial charge in [-0.1, -0.05) is 31.5 Å². The lowest BCUT2D eigenvalue weighted by atomic mass is 10.0. The van der Waals surface area contributed by atoms with Crippen molar-refractivity contribution < 1.29 is 17.9 Å². The van der Waals surface area contributed by atoms with E-state index in [4.69, 9.17) is 4.74 Å². The normalized spacial score (nSPS) is 22.0. The number of sulfone groups is 1. The van der Waals surface area contributed by atoms with Gasteiger partial charge in [0.25, 0.3) is 0 Å². The molecule has 1 aromatic carbocycles. The van der Waals surface area contributed by atoms with Gasteiger partial charge in [-0.05, 0) is 18.6 Å². The molecule has 5 nitrogen and oxygen atoms in total. The van der Waals surface area contributed by atoms with Crippen LogP contribution in [0.2, 0.25) is 0 Å². The third kappa shape index (κ3) is 2.37. The number of carbonyl (C=O) groups excluding carboxylic acids is 1. The maximum Gasteiger partial charge on any atom is 0.325 e. The van der Waals surface area contributed by atoms with Gasteiger partial charge in [0.05, 0.1) is 17.0 Å². The Bertz CT molecular complexity index is 811. The number of rotatable bonds is 4. The highest BCUT2D eigenvalue weighted by atomic mass is 32.2. The molecule has 0 N–H and O–H groups in total. The maximum absolute atomic E-state index is 13.0. The highest BCUT2D eigenvalue weighted by Crippen LogP contribution is 2.33. The zero-order valence-corrected chi connectivity index (χ0v) is 13.0. The van der Waals surface area contributed by atoms with E-state index in [1.54, 1.807) is 30.5 Å². The highest BCUT2D eigenvalue weighted by Gasteiger charge is 2.46. The quantitative estimate of drug-likeness (QED) is 0.809. The Kier molecular flexibility index (Phi) is 3.87. The number of cyclic esters (lactones) is 1. The van der Waals surface area contributed by atoms with E-state index in [-0.39, 0.29) is 17.4 Å². The van der Waals surface area contributed by atoms with Gasteiger partial charge in [0, 0.05) is 17.5 Å². The number of para-hydroxylation sites is 1. The van der Waals surface area contributed by atoms with Crippen LogP contribution in [-0.2, 0) is 19.4 Å². The topological polar surface area (TPSA) is 73.3 Å². The monoisotopic (exact) mass is 319 g/mol. The molecule has 1 fully saturated rings. The molecule has 0 amide bonds. The van der Waals surface area contributed by atoms with Crippen molar-refractivity contribution in [2.45, 2.75) is 29.9 Å². The smallest absolute Gasteiger partial charge is 0.325 e. The molecular formula is C16H17NO4S. The molecule has 116 valence electrons. The molecule has 1 aliphatic rings. The van der Waals surface area contributed by atoms with Gasteiger partial charge in [0.2, 0.25) is 0 Å². The van der Waals surface area contributed by atoms with E-state index in [9.17, 15) is 13.2 Å². The van der Waals surface area contributed by atoms with Crippen LogP contribution in [0.25, 0.3) is 10.9 Å². The van der Waals surface area contributed by atoms with Crippen molar-refractivity contribution in [2.75, 3.05) is 6.61 Å². The van der Waals surface area contributed by atoms with E-state index in [1.807, 2.05) is 6.92 Å². The van der Waals surface area contributed by atoms with Gasteiger partial charge < -0.3 is 4.74 Å². The Labute approximate surface area is 129 Å². The standard InChI is InChI=1S/C16H17NO4S/c1-2-5-12-10-21-16(18)15(12)22(19,20)13-8-3-6-11-7-4-9-17-14(11)13/h3-4,6-9,12,15H,2,5,10H2,1H3/t12-,15?/m0/s1. The summed E-state index contributed by atoms with van der Waals surface area (Å²) in [7, 11) is -3.82. The number of esters is 1. The van der Waals surface area contributed by atoms with Gasteiger partial charge in [-0.15, -0.1) is 0 Å². The highest BCUT2D eigenvalue weighted by molar-refractivity contribution is 7.93. The van der Waals surface area contributed by atoms with Gasteiger partial charge in [-0.2, -0.15) is 0 Å². The number of fused-ring (bicyclic) bond motifs is 1. The molecule has 6 heteroatoms. The number of hydrogen-bond acceptors (Lipinski definition) is 5. The zero-order chi connectivity index (χ0) is 15.7. The fourth-order valence-electron chi connectivity index (χ4n) is 2.98. The van der Waals surface area contributed by atoms with E-state index in [2.05, 4.69) is 4.98 Å². The van der Waals surface area contributed by atoms with Gasteiger partial charge in [-0.25, -0.2) is 8.42 Å². The Morgan fingerprint density at radius 3 is 2.82 bits per heavy atom. The number of nitrogens with zero attached hydrogens (tertiary/aromatic N) is 1. The minimum absolute atomic E-state index is 0.107. The summed E-state index contributed by atoms with van der Waals surface area (Å²) in [5.74, 6) is -0.937. The summed E-state index contributed by atoms with van der Waals surface area (Å²) in [5.41, 5.74) is 0.403. The van der Waals surface area contributed by atoms with Crippen LogP contribution in [0.5, 0.6) is 0 Å². The van der Waals surface area contributed by atoms with Crippen LogP contribution in [0, 0.1) is 5.92 Å². The molecule has 1 aromatic heterocycles. The van der Waals surface area contributed by atoms with Crippen molar-refractivity contribution in [3.8, 4) is 0 Å². The molecule has 2 atom stereocenters. The van der Waals surface area contributed by atoms with Gasteiger partial charge in [0.1, 0.15) is 0 Å². The molecule has 2 heterocycles. The van der Waals surface area contributed by atoms with Gasteiger partial charge >= 0.3 is 5.97 Å². The van der Waals surface area contributed by atoms with Crippen molar-refractivity contribution >= 4 is 26.7 Å². The first-order chi connectivity index (χ1) is 10.6. The number of ether oxygens (including phenoxy) is 1. The third-order valence-electron chi connectivity index (χ3n) is 4.00. The molecule has 22 heavy (non-hydrogen) atoms. The van der Waals surface area contributed by atoms with Crippen molar-refractivity contribution in [3.63, 3.8) is 0 Å². The Hall–Kier alpha value is -1.95. The SMILES string of the molecule is CCC[C@H]1COC(=O)C1S(=O)(=O)c1cccc2cccnc12. The number of hydrogen-bond donors (Lipinski definition) is 0. The predicted octanol–water partition coefficient (Wildman–Crippen LogP) is 2.35. The van der Waals surface area contributed by atoms with E-state index in [1.165, 1.54) is 6.07 Å². The van der Waals surface area contributed by atoms with Crippen LogP contribution in [0.4, 0.5) is 0 Å². The Balaban J connectivity index is 2.14. The Morgan fingerprint density at radius 2 is 2.05 bits per heavy atom. The molecule has 0 aliphatic carbocycles. The molecule has 1 unspecified atom stereocenters. The molecule has 3 rings (SSSR count). The van der Waals surface area contributed by atoms with Gasteiger partial charge in [0.15, 0.2) is 15.1 Å². The molecular weight excluding hydrogens is 302 g/mol. The summed E-state index contributed by atoms with van der Waals surface area (Å²) >= 11 is 0. The molecule has 0 radical (unpaired) electrons. The predicted molar refractivity (Wildman–Crippen MR) is 82.1 cm³/mol. The summed E-state index contributed by atoms with van der Waals surface area (Å²) in [4.78, 5) is 16.3.